The van der Waals surface area contributed by atoms with Crippen LogP contribution < -0.4 is 15.4 Å². The highest BCUT2D eigenvalue weighted by atomic mass is 16.5. The summed E-state index contributed by atoms with van der Waals surface area (Å²) in [7, 11) is 0. The molecule has 0 bridgehead atoms. The van der Waals surface area contributed by atoms with Crippen LogP contribution in [0, 0.1) is 18.3 Å². The molecule has 2 N–H and O–H groups in total. The van der Waals surface area contributed by atoms with Crippen molar-refractivity contribution in [1.82, 2.24) is 20.3 Å². The molecule has 1 saturated heterocycles. The lowest BCUT2D eigenvalue weighted by Crippen LogP contribution is -2.38. The maximum Gasteiger partial charge on any atom is 0.228 e. The van der Waals surface area contributed by atoms with Crippen molar-refractivity contribution in [3.05, 3.63) is 72.1 Å². The Balaban J connectivity index is 1.30. The number of carbonyl (C=O) groups is 1. The first-order valence-electron chi connectivity index (χ1n) is 13.9. The van der Waals surface area contributed by atoms with E-state index in [4.69, 9.17) is 9.72 Å². The monoisotopic (exact) mass is 521 g/mol. The number of carbonyl (C=O) groups excluding carboxylic acids is 1. The lowest BCUT2D eigenvalue weighted by atomic mass is 9.95. The maximum atomic E-state index is 13.0. The lowest BCUT2D eigenvalue weighted by Gasteiger charge is -2.23. The van der Waals surface area contributed by atoms with Crippen LogP contribution in [0.4, 0.5) is 5.95 Å². The van der Waals surface area contributed by atoms with E-state index < -0.39 is 0 Å². The van der Waals surface area contributed by atoms with E-state index in [2.05, 4.69) is 58.7 Å². The van der Waals surface area contributed by atoms with E-state index in [0.29, 0.717) is 30.1 Å². The number of nitrogens with zero attached hydrogens (tertiary/aromatic N) is 3. The summed E-state index contributed by atoms with van der Waals surface area (Å²) in [5, 5.41) is 8.89. The number of hydrogen-bond acceptors (Lipinski definition) is 7. The number of Topliss-reactive ketones (excluding diaryl/α,β-unsaturated/α-hetero) is 1. The summed E-state index contributed by atoms with van der Waals surface area (Å²) in [5.74, 6) is 2.31. The van der Waals surface area contributed by atoms with Crippen LogP contribution in [-0.2, 0) is 11.2 Å². The molecule has 1 saturated carbocycles. The zero-order valence-electron chi connectivity index (χ0n) is 22.8. The summed E-state index contributed by atoms with van der Waals surface area (Å²) >= 11 is 0. The molecule has 2 fully saturated rings. The molecule has 3 heterocycles. The van der Waals surface area contributed by atoms with Gasteiger partial charge in [0.1, 0.15) is 11.5 Å². The van der Waals surface area contributed by atoms with E-state index in [1.807, 2.05) is 31.2 Å². The van der Waals surface area contributed by atoms with Crippen molar-refractivity contribution in [1.29, 1.82) is 0 Å². The molecule has 0 amide bonds. The molecule has 1 aliphatic carbocycles. The van der Waals surface area contributed by atoms with Gasteiger partial charge < -0.3 is 15.4 Å². The molecule has 1 aliphatic heterocycles. The fourth-order valence-electron chi connectivity index (χ4n) is 5.62. The van der Waals surface area contributed by atoms with Crippen LogP contribution in [0.1, 0.15) is 44.2 Å². The van der Waals surface area contributed by atoms with Crippen LogP contribution >= 0.6 is 0 Å². The second kappa shape index (κ2) is 10.4. The molecule has 4 aromatic rings. The van der Waals surface area contributed by atoms with Crippen LogP contribution in [0.5, 0.6) is 11.6 Å². The van der Waals surface area contributed by atoms with Gasteiger partial charge in [0.2, 0.25) is 11.8 Å². The van der Waals surface area contributed by atoms with Crippen LogP contribution in [0.3, 0.4) is 0 Å². The molecule has 2 aromatic heterocycles. The number of benzene rings is 2. The molecule has 0 radical (unpaired) electrons. The van der Waals surface area contributed by atoms with E-state index in [1.54, 1.807) is 12.4 Å². The van der Waals surface area contributed by atoms with Crippen molar-refractivity contribution in [2.24, 2.45) is 11.3 Å². The van der Waals surface area contributed by atoms with Gasteiger partial charge in [0.25, 0.3) is 0 Å². The normalized spacial score (nSPS) is 20.0. The molecule has 39 heavy (non-hydrogen) atoms. The van der Waals surface area contributed by atoms with Crippen molar-refractivity contribution in [2.75, 3.05) is 18.4 Å². The van der Waals surface area contributed by atoms with Crippen LogP contribution in [0.15, 0.2) is 60.9 Å². The Morgan fingerprint density at radius 2 is 1.95 bits per heavy atom. The minimum absolute atomic E-state index is 0.131. The zero-order chi connectivity index (χ0) is 27.0. The third-order valence-electron chi connectivity index (χ3n) is 8.10. The number of rotatable bonds is 8. The smallest absolute Gasteiger partial charge is 0.228 e. The fraction of sp³-hybridized carbons (Fsp3) is 0.375. The predicted molar refractivity (Wildman–Crippen MR) is 154 cm³/mol. The van der Waals surface area contributed by atoms with E-state index in [-0.39, 0.29) is 11.3 Å². The van der Waals surface area contributed by atoms with Gasteiger partial charge in [0, 0.05) is 42.7 Å². The summed E-state index contributed by atoms with van der Waals surface area (Å²) in [5.41, 5.74) is 3.71. The highest BCUT2D eigenvalue weighted by Gasteiger charge is 2.49. The second-order valence-corrected chi connectivity index (χ2v) is 11.5. The molecule has 6 rings (SSSR count). The molecule has 2 aromatic carbocycles. The van der Waals surface area contributed by atoms with Crippen molar-refractivity contribution in [2.45, 2.75) is 52.5 Å². The average Bonchev–Trinajstić information content (AvgIpc) is 3.59. The lowest BCUT2D eigenvalue weighted by molar-refractivity contribution is -0.120. The van der Waals surface area contributed by atoms with Crippen molar-refractivity contribution < 1.29 is 9.53 Å². The largest absolute Gasteiger partial charge is 0.437 e. The van der Waals surface area contributed by atoms with Gasteiger partial charge in [-0.1, -0.05) is 44.2 Å². The highest BCUT2D eigenvalue weighted by molar-refractivity contribution is 5.96. The number of nitrogens with one attached hydrogen (secondary N) is 2. The van der Waals surface area contributed by atoms with E-state index >= 15 is 0 Å². The SMILES string of the molecule is Cc1ccc2c(CC(=O)[C@@H]3CC3(C)C)cccc2c1Oc1ncccc1-c1ccnc(N[C@H]2CCCNC2)n1. The maximum absolute atomic E-state index is 13.0. The molecular weight excluding hydrogens is 486 g/mol. The minimum Gasteiger partial charge on any atom is -0.437 e. The van der Waals surface area contributed by atoms with Gasteiger partial charge in [-0.15, -0.1) is 0 Å². The highest BCUT2D eigenvalue weighted by Crippen LogP contribution is 2.52. The standard InChI is InChI=1S/C32H35N5O2/c1-20-11-12-23-21(17-28(38)26-18-32(26,2)3)7-4-9-24(23)29(20)39-30-25(10-6-15-34-30)27-13-16-35-31(37-27)36-22-8-5-14-33-19-22/h4,6-7,9-13,15-16,22,26,33H,5,8,14,17-19H2,1-3H3,(H,35,36,37)/t22-,26-/m0/s1. The third kappa shape index (κ3) is 5.36. The summed E-state index contributed by atoms with van der Waals surface area (Å²) < 4.78 is 6.56. The summed E-state index contributed by atoms with van der Waals surface area (Å²) in [6, 6.07) is 16.3. The molecule has 7 nitrogen and oxygen atoms in total. The predicted octanol–water partition coefficient (Wildman–Crippen LogP) is 6.11. The molecule has 2 atom stereocenters. The number of ketones is 1. The van der Waals surface area contributed by atoms with Crippen LogP contribution in [-0.4, -0.2) is 39.9 Å². The number of pyridine rings is 1. The van der Waals surface area contributed by atoms with Crippen LogP contribution in [0.2, 0.25) is 0 Å². The molecule has 0 spiro atoms. The summed E-state index contributed by atoms with van der Waals surface area (Å²) in [4.78, 5) is 26.8. The third-order valence-corrected chi connectivity index (χ3v) is 8.10. The number of aromatic nitrogens is 3. The van der Waals surface area contributed by atoms with Gasteiger partial charge in [-0.2, -0.15) is 0 Å². The molecule has 200 valence electrons. The fourth-order valence-corrected chi connectivity index (χ4v) is 5.62. The number of anilines is 1. The number of piperidine rings is 1. The van der Waals surface area contributed by atoms with Crippen molar-refractivity contribution >= 4 is 22.5 Å². The molecule has 2 aliphatic rings. The van der Waals surface area contributed by atoms with Gasteiger partial charge in [0.05, 0.1) is 11.3 Å². The Kier molecular flexibility index (Phi) is 6.77. The Morgan fingerprint density at radius 3 is 2.74 bits per heavy atom. The quantitative estimate of drug-likeness (QED) is 0.289. The number of hydrogen-bond donors (Lipinski definition) is 2. The van der Waals surface area contributed by atoms with Crippen molar-refractivity contribution in [3.8, 4) is 22.9 Å². The first kappa shape index (κ1) is 25.4. The summed E-state index contributed by atoms with van der Waals surface area (Å²) in [6.07, 6.45) is 7.14. The Morgan fingerprint density at radius 1 is 1.08 bits per heavy atom. The van der Waals surface area contributed by atoms with E-state index in [9.17, 15) is 4.79 Å². The van der Waals surface area contributed by atoms with Crippen LogP contribution in [0.25, 0.3) is 22.0 Å². The summed E-state index contributed by atoms with van der Waals surface area (Å²) in [6.45, 7) is 8.33. The van der Waals surface area contributed by atoms with E-state index in [0.717, 1.165) is 71.3 Å². The number of aryl methyl sites for hydroxylation is 1. The van der Waals surface area contributed by atoms with E-state index in [1.165, 1.54) is 0 Å². The zero-order valence-corrected chi connectivity index (χ0v) is 22.8. The van der Waals surface area contributed by atoms with Gasteiger partial charge >= 0.3 is 0 Å². The average molecular weight is 522 g/mol. The second-order valence-electron chi connectivity index (χ2n) is 11.5. The Bertz CT molecular complexity index is 1530. The van der Waals surface area contributed by atoms with Gasteiger partial charge in [0.15, 0.2) is 0 Å². The van der Waals surface area contributed by atoms with Gasteiger partial charge in [-0.3, -0.25) is 4.79 Å². The van der Waals surface area contributed by atoms with Crippen molar-refractivity contribution in [3.63, 3.8) is 0 Å². The number of ether oxygens (including phenoxy) is 1. The topological polar surface area (TPSA) is 89.0 Å². The molecular formula is C32H35N5O2. The van der Waals surface area contributed by atoms with Gasteiger partial charge in [-0.25, -0.2) is 15.0 Å². The number of fused-ring (bicyclic) bond motifs is 1. The minimum atomic E-state index is 0.131. The Hall–Kier alpha value is -3.84. The molecule has 7 heteroatoms. The first-order chi connectivity index (χ1) is 18.9. The first-order valence-corrected chi connectivity index (χ1v) is 13.9. The molecule has 0 unspecified atom stereocenters. The van der Waals surface area contributed by atoms with Gasteiger partial charge in [-0.05, 0) is 72.9 Å². The Labute approximate surface area is 229 Å².